The van der Waals surface area contributed by atoms with E-state index in [0.717, 1.165) is 0 Å². The average Bonchev–Trinajstić information content (AvgIpc) is 2.67. The van der Waals surface area contributed by atoms with Crippen molar-refractivity contribution in [2.45, 2.75) is 25.4 Å². The first-order valence-electron chi connectivity index (χ1n) is 5.16. The summed E-state index contributed by atoms with van der Waals surface area (Å²) in [5.74, 6) is 2.32. The summed E-state index contributed by atoms with van der Waals surface area (Å²) in [7, 11) is -3.67. The first kappa shape index (κ1) is 13.7. The molecule has 0 aliphatic carbocycles. The van der Waals surface area contributed by atoms with Crippen molar-refractivity contribution in [1.29, 1.82) is 0 Å². The van der Waals surface area contributed by atoms with Gasteiger partial charge in [-0.2, -0.15) is 9.40 Å². The number of nitrogens with two attached hydrogens (primary N) is 1. The minimum Gasteiger partial charge on any atom is -0.326 e. The Morgan fingerprint density at radius 3 is 2.71 bits per heavy atom. The lowest BCUT2D eigenvalue weighted by Crippen LogP contribution is -2.32. The molecular weight excluding hydrogens is 240 g/mol. The molecule has 1 aromatic heterocycles. The van der Waals surface area contributed by atoms with Gasteiger partial charge in [0.25, 0.3) is 10.0 Å². The van der Waals surface area contributed by atoms with Crippen LogP contribution < -0.4 is 5.73 Å². The topological polar surface area (TPSA) is 92.1 Å². The number of terminal acetylenes is 1. The number of nitrogens with zero attached hydrogens (tertiary/aromatic N) is 2. The van der Waals surface area contributed by atoms with Crippen LogP contribution in [0.25, 0.3) is 0 Å². The highest BCUT2D eigenvalue weighted by atomic mass is 32.2. The van der Waals surface area contributed by atoms with E-state index in [0.29, 0.717) is 17.8 Å². The molecule has 1 aromatic rings. The molecule has 0 aromatic carbocycles. The molecule has 1 heterocycles. The van der Waals surface area contributed by atoms with Crippen molar-refractivity contribution in [2.24, 2.45) is 5.73 Å². The van der Waals surface area contributed by atoms with E-state index in [-0.39, 0.29) is 18.1 Å². The molecule has 0 bridgehead atoms. The van der Waals surface area contributed by atoms with Gasteiger partial charge in [0.15, 0.2) is 5.03 Å². The highest BCUT2D eigenvalue weighted by Crippen LogP contribution is 2.19. The number of aromatic amines is 1. The molecule has 0 fully saturated rings. The van der Waals surface area contributed by atoms with Crippen molar-refractivity contribution in [3.63, 3.8) is 0 Å². The van der Waals surface area contributed by atoms with Gasteiger partial charge in [0.2, 0.25) is 0 Å². The Morgan fingerprint density at radius 1 is 1.59 bits per heavy atom. The highest BCUT2D eigenvalue weighted by Gasteiger charge is 2.28. The molecule has 0 aliphatic heterocycles. The molecule has 1 rings (SSSR count). The zero-order valence-electron chi connectivity index (χ0n) is 9.90. The first-order valence-corrected chi connectivity index (χ1v) is 6.60. The Kier molecular flexibility index (Phi) is 4.28. The van der Waals surface area contributed by atoms with Gasteiger partial charge >= 0.3 is 0 Å². The van der Waals surface area contributed by atoms with Crippen LogP contribution in [0.5, 0.6) is 0 Å². The van der Waals surface area contributed by atoms with Crippen LogP contribution in [0.3, 0.4) is 0 Å². The predicted molar refractivity (Wildman–Crippen MR) is 64.5 cm³/mol. The van der Waals surface area contributed by atoms with E-state index in [1.165, 1.54) is 4.31 Å². The summed E-state index contributed by atoms with van der Waals surface area (Å²) in [6.45, 7) is 3.88. The maximum absolute atomic E-state index is 12.2. The van der Waals surface area contributed by atoms with Gasteiger partial charge < -0.3 is 5.73 Å². The predicted octanol–water partition coefficient (Wildman–Crippen LogP) is -0.179. The number of nitrogens with one attached hydrogen (secondary N) is 1. The van der Waals surface area contributed by atoms with Crippen molar-refractivity contribution in [3.8, 4) is 12.3 Å². The first-order chi connectivity index (χ1) is 7.98. The summed E-state index contributed by atoms with van der Waals surface area (Å²) in [6, 6.07) is 0. The maximum Gasteiger partial charge on any atom is 0.263 e. The second-order valence-electron chi connectivity index (χ2n) is 3.47. The number of aryl methyl sites for hydroxylation is 1. The van der Waals surface area contributed by atoms with Crippen LogP contribution in [0, 0.1) is 19.3 Å². The lowest BCUT2D eigenvalue weighted by atomic mass is 10.3. The number of sulfonamides is 1. The molecule has 7 heteroatoms. The summed E-state index contributed by atoms with van der Waals surface area (Å²) < 4.78 is 25.7. The fraction of sp³-hybridized carbons (Fsp3) is 0.500. The monoisotopic (exact) mass is 256 g/mol. The molecule has 17 heavy (non-hydrogen) atoms. The zero-order chi connectivity index (χ0) is 13.1. The number of aromatic nitrogens is 2. The SMILES string of the molecule is C#CCN(CC)S(=O)(=O)c1n[nH]c(C)c1CN. The Hall–Kier alpha value is -1.36. The lowest BCUT2D eigenvalue weighted by Gasteiger charge is -2.16. The summed E-state index contributed by atoms with van der Waals surface area (Å²) in [4.78, 5) is 0. The molecule has 0 atom stereocenters. The minimum absolute atomic E-state index is 0.0226. The van der Waals surface area contributed by atoms with E-state index in [1.807, 2.05) is 0 Å². The Bertz CT molecular complexity index is 527. The molecule has 6 nitrogen and oxygen atoms in total. The van der Waals surface area contributed by atoms with Gasteiger partial charge in [0.05, 0.1) is 6.54 Å². The number of hydrogen-bond acceptors (Lipinski definition) is 4. The number of hydrogen-bond donors (Lipinski definition) is 2. The van der Waals surface area contributed by atoms with Crippen LogP contribution in [-0.2, 0) is 16.6 Å². The molecule has 0 spiro atoms. The molecule has 94 valence electrons. The average molecular weight is 256 g/mol. The Balaban J connectivity index is 3.26. The molecule has 3 N–H and O–H groups in total. The Labute approximate surface area is 101 Å². The normalized spacial score (nSPS) is 11.7. The van der Waals surface area contributed by atoms with Crippen molar-refractivity contribution in [2.75, 3.05) is 13.1 Å². The van der Waals surface area contributed by atoms with Crippen LogP contribution in [-0.4, -0.2) is 36.0 Å². The van der Waals surface area contributed by atoms with E-state index in [2.05, 4.69) is 16.1 Å². The third-order valence-electron chi connectivity index (χ3n) is 2.44. The molecule has 0 aliphatic rings. The fourth-order valence-corrected chi connectivity index (χ4v) is 3.01. The van der Waals surface area contributed by atoms with Crippen LogP contribution >= 0.6 is 0 Å². The molecule has 0 amide bonds. The van der Waals surface area contributed by atoms with Crippen molar-refractivity contribution >= 4 is 10.0 Å². The van der Waals surface area contributed by atoms with E-state index in [4.69, 9.17) is 12.2 Å². The third-order valence-corrected chi connectivity index (χ3v) is 4.34. The maximum atomic E-state index is 12.2. The smallest absolute Gasteiger partial charge is 0.263 e. The van der Waals surface area contributed by atoms with Crippen LogP contribution in [0.1, 0.15) is 18.2 Å². The summed E-state index contributed by atoms with van der Waals surface area (Å²) in [5, 5.41) is 6.40. The van der Waals surface area contributed by atoms with E-state index in [9.17, 15) is 8.42 Å². The van der Waals surface area contributed by atoms with Crippen molar-refractivity contribution in [1.82, 2.24) is 14.5 Å². The largest absolute Gasteiger partial charge is 0.326 e. The summed E-state index contributed by atoms with van der Waals surface area (Å²) in [6.07, 6.45) is 5.15. The van der Waals surface area contributed by atoms with Crippen LogP contribution in [0.2, 0.25) is 0 Å². The lowest BCUT2D eigenvalue weighted by molar-refractivity contribution is 0.460. The number of H-pyrrole nitrogens is 1. The minimum atomic E-state index is -3.67. The van der Waals surface area contributed by atoms with E-state index in [1.54, 1.807) is 13.8 Å². The number of rotatable bonds is 5. The van der Waals surface area contributed by atoms with E-state index < -0.39 is 10.0 Å². The third kappa shape index (κ3) is 2.49. The Morgan fingerprint density at radius 2 is 2.24 bits per heavy atom. The highest BCUT2D eigenvalue weighted by molar-refractivity contribution is 7.89. The van der Waals surface area contributed by atoms with E-state index >= 15 is 0 Å². The molecule has 0 radical (unpaired) electrons. The summed E-state index contributed by atoms with van der Waals surface area (Å²) in [5.41, 5.74) is 6.68. The van der Waals surface area contributed by atoms with Gasteiger partial charge in [0.1, 0.15) is 0 Å². The van der Waals surface area contributed by atoms with Gasteiger partial charge in [-0.1, -0.05) is 12.8 Å². The second-order valence-corrected chi connectivity index (χ2v) is 5.33. The van der Waals surface area contributed by atoms with Crippen LogP contribution in [0.15, 0.2) is 5.03 Å². The zero-order valence-corrected chi connectivity index (χ0v) is 10.7. The van der Waals surface area contributed by atoms with Gasteiger partial charge in [-0.05, 0) is 6.92 Å². The van der Waals surface area contributed by atoms with Crippen LogP contribution in [0.4, 0.5) is 0 Å². The van der Waals surface area contributed by atoms with Gasteiger partial charge in [0, 0.05) is 24.3 Å². The molecule has 0 saturated heterocycles. The molecular formula is C10H16N4O2S. The second kappa shape index (κ2) is 5.31. The van der Waals surface area contributed by atoms with Crippen molar-refractivity contribution < 1.29 is 8.42 Å². The fourth-order valence-electron chi connectivity index (χ4n) is 1.47. The summed E-state index contributed by atoms with van der Waals surface area (Å²) >= 11 is 0. The quantitative estimate of drug-likeness (QED) is 0.715. The van der Waals surface area contributed by atoms with Gasteiger partial charge in [-0.15, -0.1) is 6.42 Å². The standard InChI is InChI=1S/C10H16N4O2S/c1-4-6-14(5-2)17(15,16)10-9(7-11)8(3)12-13-10/h1H,5-7,11H2,2-3H3,(H,12,13). The molecule has 0 unspecified atom stereocenters. The molecule has 0 saturated carbocycles. The van der Waals surface area contributed by atoms with Gasteiger partial charge in [-0.3, -0.25) is 5.10 Å². The van der Waals surface area contributed by atoms with Gasteiger partial charge in [-0.25, -0.2) is 8.42 Å². The van der Waals surface area contributed by atoms with Crippen molar-refractivity contribution in [3.05, 3.63) is 11.3 Å².